The minimum Gasteiger partial charge on any atom is -0.328 e. The Kier molecular flexibility index (Phi) is 4.45. The Morgan fingerprint density at radius 3 is 2.36 bits per heavy atom. The molecule has 1 amide bonds. The van der Waals surface area contributed by atoms with Crippen LogP contribution in [0, 0.1) is 0 Å². The zero-order chi connectivity index (χ0) is 11.4. The Labute approximate surface area is 81.7 Å². The average Bonchev–Trinajstić information content (AvgIpc) is 2.10. The van der Waals surface area contributed by atoms with Crippen molar-refractivity contribution in [2.75, 3.05) is 0 Å². The van der Waals surface area contributed by atoms with Crippen molar-refractivity contribution in [1.82, 2.24) is 5.32 Å². The molecule has 2 N–H and O–H groups in total. The number of nitrogens with one attached hydrogen (secondary N) is 1. The van der Waals surface area contributed by atoms with Gasteiger partial charge in [-0.25, -0.2) is 0 Å². The largest absolute Gasteiger partial charge is 0.328 e. The molecule has 0 fully saturated rings. The molecule has 0 aliphatic heterocycles. The van der Waals surface area contributed by atoms with Gasteiger partial charge in [0.25, 0.3) is 10.1 Å². The number of carbonyl (C=O) groups excluding carboxylic acids is 2. The highest BCUT2D eigenvalue weighted by molar-refractivity contribution is 7.87. The minimum atomic E-state index is -4.61. The van der Waals surface area contributed by atoms with Crippen LogP contribution in [-0.2, 0) is 19.7 Å². The van der Waals surface area contributed by atoms with E-state index in [0.29, 0.717) is 0 Å². The van der Waals surface area contributed by atoms with Crippen LogP contribution < -0.4 is 5.32 Å². The zero-order valence-corrected chi connectivity index (χ0v) is 8.37. The van der Waals surface area contributed by atoms with E-state index in [2.05, 4.69) is 6.58 Å². The third-order valence-electron chi connectivity index (χ3n) is 1.40. The molecule has 0 aliphatic rings. The van der Waals surface area contributed by atoms with Crippen molar-refractivity contribution in [3.63, 3.8) is 0 Å². The molecule has 14 heavy (non-hydrogen) atoms. The van der Waals surface area contributed by atoms with Gasteiger partial charge in [-0.2, -0.15) is 8.42 Å². The quantitative estimate of drug-likeness (QED) is 0.480. The number of rotatable bonds is 5. The van der Waals surface area contributed by atoms with Crippen molar-refractivity contribution in [2.45, 2.75) is 18.7 Å². The Bertz CT molecular complexity index is 345. The fourth-order valence-corrected chi connectivity index (χ4v) is 1.46. The average molecular weight is 221 g/mol. The van der Waals surface area contributed by atoms with Gasteiger partial charge in [-0.1, -0.05) is 13.5 Å². The SMILES string of the molecule is C=CC(=O)NC(C(=O)CC)S(=O)(=O)O. The summed E-state index contributed by atoms with van der Waals surface area (Å²) in [6, 6.07) is 0. The summed E-state index contributed by atoms with van der Waals surface area (Å²) >= 11 is 0. The lowest BCUT2D eigenvalue weighted by Gasteiger charge is -2.11. The van der Waals surface area contributed by atoms with Crippen LogP contribution in [0.25, 0.3) is 0 Å². The van der Waals surface area contributed by atoms with Crippen molar-refractivity contribution in [3.05, 3.63) is 12.7 Å². The zero-order valence-electron chi connectivity index (χ0n) is 7.56. The molecule has 7 heteroatoms. The van der Waals surface area contributed by atoms with E-state index in [1.54, 1.807) is 0 Å². The van der Waals surface area contributed by atoms with Crippen LogP contribution in [0.4, 0.5) is 0 Å². The Balaban J connectivity index is 4.85. The molecule has 0 saturated heterocycles. The topological polar surface area (TPSA) is 101 Å². The maximum absolute atomic E-state index is 11.0. The van der Waals surface area contributed by atoms with E-state index >= 15 is 0 Å². The van der Waals surface area contributed by atoms with Crippen molar-refractivity contribution in [1.29, 1.82) is 0 Å². The summed E-state index contributed by atoms with van der Waals surface area (Å²) in [5, 5.41) is -0.0918. The van der Waals surface area contributed by atoms with Gasteiger partial charge in [-0.3, -0.25) is 14.1 Å². The molecule has 0 spiro atoms. The first-order chi connectivity index (χ1) is 6.32. The highest BCUT2D eigenvalue weighted by Gasteiger charge is 2.30. The maximum atomic E-state index is 11.0. The summed E-state index contributed by atoms with van der Waals surface area (Å²) in [7, 11) is -4.61. The van der Waals surface area contributed by atoms with Gasteiger partial charge in [0.2, 0.25) is 11.3 Å². The number of amides is 1. The molecule has 0 radical (unpaired) electrons. The molecule has 0 aromatic carbocycles. The summed E-state index contributed by atoms with van der Waals surface area (Å²) in [6.07, 6.45) is 0.697. The van der Waals surface area contributed by atoms with Gasteiger partial charge in [-0.05, 0) is 6.08 Å². The standard InChI is InChI=1S/C7H11NO5S/c1-3-5(9)7(14(11,12)13)8-6(10)4-2/h4,7H,2-3H2,1H3,(H,8,10)(H,11,12,13). The minimum absolute atomic E-state index is 0.109. The normalized spacial score (nSPS) is 13.0. The number of Topliss-reactive ketones (excluding diaryl/α,β-unsaturated/α-hetero) is 1. The lowest BCUT2D eigenvalue weighted by Crippen LogP contribution is -2.45. The molecule has 0 heterocycles. The second-order valence-corrected chi connectivity index (χ2v) is 3.93. The monoisotopic (exact) mass is 221 g/mol. The lowest BCUT2D eigenvalue weighted by molar-refractivity contribution is -0.123. The molecular formula is C7H11NO5S. The smallest absolute Gasteiger partial charge is 0.293 e. The third kappa shape index (κ3) is 3.67. The second kappa shape index (κ2) is 4.87. The summed E-state index contributed by atoms with van der Waals surface area (Å²) in [4.78, 5) is 21.8. The van der Waals surface area contributed by atoms with E-state index in [-0.39, 0.29) is 6.42 Å². The molecule has 0 aromatic rings. The number of hydrogen-bond acceptors (Lipinski definition) is 4. The van der Waals surface area contributed by atoms with E-state index < -0.39 is 27.2 Å². The highest BCUT2D eigenvalue weighted by Crippen LogP contribution is 1.99. The van der Waals surface area contributed by atoms with Crippen molar-refractivity contribution in [2.24, 2.45) is 0 Å². The van der Waals surface area contributed by atoms with Crippen LogP contribution in [-0.4, -0.2) is 30.0 Å². The van der Waals surface area contributed by atoms with Crippen molar-refractivity contribution >= 4 is 21.8 Å². The maximum Gasteiger partial charge on any atom is 0.293 e. The van der Waals surface area contributed by atoms with Crippen molar-refractivity contribution < 1.29 is 22.6 Å². The lowest BCUT2D eigenvalue weighted by atomic mass is 10.3. The van der Waals surface area contributed by atoms with Crippen molar-refractivity contribution in [3.8, 4) is 0 Å². The fraction of sp³-hybridized carbons (Fsp3) is 0.429. The van der Waals surface area contributed by atoms with Crippen LogP contribution in [0.5, 0.6) is 0 Å². The van der Waals surface area contributed by atoms with Gasteiger partial charge in [-0.15, -0.1) is 0 Å². The molecule has 0 bridgehead atoms. The first kappa shape index (κ1) is 12.8. The summed E-state index contributed by atoms with van der Waals surface area (Å²) in [5.74, 6) is -1.63. The van der Waals surface area contributed by atoms with Gasteiger partial charge in [0.05, 0.1) is 0 Å². The van der Waals surface area contributed by atoms with Crippen LogP contribution in [0.15, 0.2) is 12.7 Å². The number of hydrogen-bond donors (Lipinski definition) is 2. The van der Waals surface area contributed by atoms with E-state index in [1.165, 1.54) is 6.92 Å². The molecule has 0 aromatic heterocycles. The van der Waals surface area contributed by atoms with Crippen LogP contribution in [0.3, 0.4) is 0 Å². The molecular weight excluding hydrogens is 210 g/mol. The van der Waals surface area contributed by atoms with Gasteiger partial charge in [0, 0.05) is 6.42 Å². The fourth-order valence-electron chi connectivity index (χ4n) is 0.695. The second-order valence-electron chi connectivity index (χ2n) is 2.43. The van der Waals surface area contributed by atoms with Gasteiger partial charge in [0.1, 0.15) is 0 Å². The summed E-state index contributed by atoms with van der Waals surface area (Å²) < 4.78 is 30.0. The predicted molar refractivity (Wildman–Crippen MR) is 49.0 cm³/mol. The molecule has 0 rings (SSSR count). The van der Waals surface area contributed by atoms with E-state index in [4.69, 9.17) is 4.55 Å². The van der Waals surface area contributed by atoms with Crippen LogP contribution >= 0.6 is 0 Å². The number of ketones is 1. The summed E-state index contributed by atoms with van der Waals surface area (Å²) in [5.41, 5.74) is 0. The first-order valence-corrected chi connectivity index (χ1v) is 5.25. The highest BCUT2D eigenvalue weighted by atomic mass is 32.2. The van der Waals surface area contributed by atoms with Gasteiger partial charge >= 0.3 is 0 Å². The Hall–Kier alpha value is -1.21. The van der Waals surface area contributed by atoms with Gasteiger partial charge in [0.15, 0.2) is 5.78 Å². The first-order valence-electron chi connectivity index (χ1n) is 3.74. The van der Waals surface area contributed by atoms with E-state index in [1.807, 2.05) is 5.32 Å². The van der Waals surface area contributed by atoms with E-state index in [9.17, 15) is 18.0 Å². The summed E-state index contributed by atoms with van der Waals surface area (Å²) in [6.45, 7) is 4.50. The van der Waals surface area contributed by atoms with Gasteiger partial charge < -0.3 is 5.32 Å². The molecule has 1 atom stereocenters. The Morgan fingerprint density at radius 2 is 2.07 bits per heavy atom. The van der Waals surface area contributed by atoms with Crippen LogP contribution in [0.1, 0.15) is 13.3 Å². The predicted octanol–water partition coefficient (Wildman–Crippen LogP) is -0.518. The Morgan fingerprint density at radius 1 is 1.57 bits per heavy atom. The molecule has 0 saturated carbocycles. The molecule has 0 aliphatic carbocycles. The van der Waals surface area contributed by atoms with E-state index in [0.717, 1.165) is 6.08 Å². The molecule has 80 valence electrons. The third-order valence-corrected chi connectivity index (χ3v) is 2.37. The molecule has 1 unspecified atom stereocenters. The number of carbonyl (C=O) groups is 2. The van der Waals surface area contributed by atoms with Crippen LogP contribution in [0.2, 0.25) is 0 Å². The molecule has 6 nitrogen and oxygen atoms in total.